The predicted molar refractivity (Wildman–Crippen MR) is 148 cm³/mol. The predicted octanol–water partition coefficient (Wildman–Crippen LogP) is 3.29. The number of thiazole rings is 1. The summed E-state index contributed by atoms with van der Waals surface area (Å²) >= 11 is 5.87. The summed E-state index contributed by atoms with van der Waals surface area (Å²) in [5, 5.41) is 23.3. The zero-order valence-electron chi connectivity index (χ0n) is 22.9. The molecule has 0 saturated carbocycles. The highest BCUT2D eigenvalue weighted by atomic mass is 32.1. The minimum Gasteiger partial charge on any atom is -0.456 e. The van der Waals surface area contributed by atoms with Crippen molar-refractivity contribution >= 4 is 41.8 Å². The van der Waals surface area contributed by atoms with Crippen LogP contribution in [0.2, 0.25) is 0 Å². The van der Waals surface area contributed by atoms with Gasteiger partial charge in [-0.05, 0) is 65.3 Å². The Morgan fingerprint density at radius 1 is 1.30 bits per heavy atom. The third kappa shape index (κ3) is 7.22. The van der Waals surface area contributed by atoms with Gasteiger partial charge in [0.25, 0.3) is 0 Å². The van der Waals surface area contributed by atoms with Crippen molar-refractivity contribution < 1.29 is 29.3 Å². The van der Waals surface area contributed by atoms with Gasteiger partial charge in [0.2, 0.25) is 0 Å². The molecule has 8 nitrogen and oxygen atoms in total. The van der Waals surface area contributed by atoms with Gasteiger partial charge < -0.3 is 24.6 Å². The number of ether oxygens (including phenoxy) is 2. The molecule has 0 radical (unpaired) electrons. The zero-order valence-corrected chi connectivity index (χ0v) is 24.6. The number of hydrogen-bond donors (Lipinski definition) is 3. The Bertz CT molecular complexity index is 997. The van der Waals surface area contributed by atoms with Crippen LogP contribution in [0.1, 0.15) is 64.1 Å². The maximum Gasteiger partial charge on any atom is 0.309 e. The van der Waals surface area contributed by atoms with Crippen LogP contribution in [0.3, 0.4) is 0 Å². The lowest BCUT2D eigenvalue weighted by molar-refractivity contribution is -0.152. The van der Waals surface area contributed by atoms with E-state index < -0.39 is 41.1 Å². The number of aromatic nitrogens is 1. The lowest BCUT2D eigenvalue weighted by Crippen LogP contribution is -2.48. The molecule has 1 aromatic rings. The van der Waals surface area contributed by atoms with Crippen molar-refractivity contribution in [3.8, 4) is 0 Å². The smallest absolute Gasteiger partial charge is 0.309 e. The third-order valence-electron chi connectivity index (χ3n) is 7.79. The molecule has 0 aromatic carbocycles. The van der Waals surface area contributed by atoms with E-state index in [0.29, 0.717) is 0 Å². The minimum atomic E-state index is -1.34. The first kappa shape index (κ1) is 30.2. The molecule has 10 heteroatoms. The van der Waals surface area contributed by atoms with Crippen molar-refractivity contribution in [1.29, 1.82) is 0 Å². The molecule has 37 heavy (non-hydrogen) atoms. The molecule has 0 aliphatic carbocycles. The number of carbonyl (C=O) groups excluding carboxylic acids is 2. The van der Waals surface area contributed by atoms with Gasteiger partial charge in [-0.3, -0.25) is 9.59 Å². The van der Waals surface area contributed by atoms with E-state index in [4.69, 9.17) is 9.47 Å². The van der Waals surface area contributed by atoms with Crippen molar-refractivity contribution in [3.05, 3.63) is 21.7 Å². The van der Waals surface area contributed by atoms with Crippen molar-refractivity contribution in [2.24, 2.45) is 11.8 Å². The molecule has 2 aliphatic heterocycles. The van der Waals surface area contributed by atoms with Crippen LogP contribution in [0.4, 0.5) is 0 Å². The Hall–Kier alpha value is -1.30. The van der Waals surface area contributed by atoms with Crippen molar-refractivity contribution in [1.82, 2.24) is 9.88 Å². The van der Waals surface area contributed by atoms with Crippen LogP contribution in [0, 0.1) is 18.8 Å². The lowest BCUT2D eigenvalue weighted by Gasteiger charge is -2.33. The molecule has 3 heterocycles. The molecule has 2 saturated heterocycles. The molecule has 9 atom stereocenters. The van der Waals surface area contributed by atoms with E-state index in [2.05, 4.69) is 24.5 Å². The zero-order chi connectivity index (χ0) is 27.7. The number of aliphatic hydroxyl groups is 2. The standard InChI is InChI=1S/C27H42N2O6S2/c1-14-9-8-10-27(5)26(35-27)21(29(6)7)24(15(2)11-18-13-37-17(4)28-18)34-20(31)12-19(30)25(36)23(33)16(3)22(14)32/h11,13-14,16,19,21-22,24-26,30,32,36H,8-10,12H2,1-7H3/b15-11+/t14-,16+,19-,21?,22-,24+,25?,26-,27+/m0/s1. The van der Waals surface area contributed by atoms with E-state index in [1.54, 1.807) is 18.3 Å². The van der Waals surface area contributed by atoms with Crippen LogP contribution in [0.25, 0.3) is 6.08 Å². The second-order valence-electron chi connectivity index (χ2n) is 11.2. The summed E-state index contributed by atoms with van der Waals surface area (Å²) in [7, 11) is 3.87. The highest BCUT2D eigenvalue weighted by Crippen LogP contribution is 2.46. The Morgan fingerprint density at radius 3 is 2.57 bits per heavy atom. The number of aliphatic hydroxyl groups excluding tert-OH is 2. The van der Waals surface area contributed by atoms with Crippen molar-refractivity contribution in [2.75, 3.05) is 14.1 Å². The normalized spacial score (nSPS) is 38.8. The van der Waals surface area contributed by atoms with E-state index in [1.807, 2.05) is 51.2 Å². The third-order valence-corrected chi connectivity index (χ3v) is 9.18. The van der Waals surface area contributed by atoms with E-state index in [0.717, 1.165) is 35.5 Å². The van der Waals surface area contributed by atoms with Gasteiger partial charge in [-0.2, -0.15) is 12.6 Å². The van der Waals surface area contributed by atoms with Gasteiger partial charge in [0.05, 0.1) is 46.2 Å². The van der Waals surface area contributed by atoms with E-state index in [9.17, 15) is 19.8 Å². The highest BCUT2D eigenvalue weighted by molar-refractivity contribution is 7.81. The Morgan fingerprint density at radius 2 is 1.97 bits per heavy atom. The molecule has 208 valence electrons. The monoisotopic (exact) mass is 554 g/mol. The number of aryl methyl sites for hydroxylation is 1. The number of carbonyl (C=O) groups is 2. The molecule has 2 fully saturated rings. The fourth-order valence-electron chi connectivity index (χ4n) is 5.32. The van der Waals surface area contributed by atoms with Gasteiger partial charge in [0.1, 0.15) is 12.2 Å². The first-order valence-corrected chi connectivity index (χ1v) is 14.4. The van der Waals surface area contributed by atoms with E-state index in [-0.39, 0.29) is 30.3 Å². The van der Waals surface area contributed by atoms with Crippen molar-refractivity contribution in [3.63, 3.8) is 0 Å². The summed E-state index contributed by atoms with van der Waals surface area (Å²) < 4.78 is 12.3. The number of cyclic esters (lactones) is 1. The summed E-state index contributed by atoms with van der Waals surface area (Å²) in [4.78, 5) is 32.6. The Kier molecular flexibility index (Phi) is 10.0. The molecule has 0 spiro atoms. The van der Waals surface area contributed by atoms with Gasteiger partial charge in [0, 0.05) is 11.3 Å². The number of nitrogens with zero attached hydrogens (tertiary/aromatic N) is 2. The summed E-state index contributed by atoms with van der Waals surface area (Å²) in [5.74, 6) is -1.84. The van der Waals surface area contributed by atoms with Gasteiger partial charge in [-0.25, -0.2) is 4.98 Å². The molecule has 2 unspecified atom stereocenters. The van der Waals surface area contributed by atoms with Crippen LogP contribution < -0.4 is 0 Å². The number of hydrogen-bond acceptors (Lipinski definition) is 10. The number of fused-ring (bicyclic) bond motifs is 1. The summed E-state index contributed by atoms with van der Waals surface area (Å²) in [5.41, 5.74) is 1.22. The SMILES string of the molecule is C/C(=C\c1csc(C)n1)[C@H]1OC(=O)C[C@H](O)C(S)C(=O)[C@H](C)[C@@H](O)[C@@H](C)CCC[C@@]2(C)O[C@H]2C1N(C)C. The molecule has 0 amide bonds. The highest BCUT2D eigenvalue weighted by Gasteiger charge is 2.59. The second kappa shape index (κ2) is 12.3. The van der Waals surface area contributed by atoms with Crippen molar-refractivity contribution in [2.45, 2.75) is 102 Å². The Balaban J connectivity index is 1.95. The number of Topliss-reactive ketones (excluding diaryl/α,β-unsaturated/α-hetero) is 1. The maximum atomic E-state index is 13.1. The number of ketones is 1. The summed E-state index contributed by atoms with van der Waals surface area (Å²) in [6, 6.07) is -0.272. The summed E-state index contributed by atoms with van der Waals surface area (Å²) in [6.07, 6.45) is 0.842. The first-order chi connectivity index (χ1) is 17.2. The minimum absolute atomic E-state index is 0.112. The van der Waals surface area contributed by atoms with Gasteiger partial charge in [-0.15, -0.1) is 11.3 Å². The maximum absolute atomic E-state index is 13.1. The van der Waals surface area contributed by atoms with E-state index in [1.165, 1.54) is 0 Å². The van der Waals surface area contributed by atoms with Crippen LogP contribution in [-0.2, 0) is 19.1 Å². The summed E-state index contributed by atoms with van der Waals surface area (Å²) in [6.45, 7) is 9.50. The van der Waals surface area contributed by atoms with Crippen LogP contribution in [0.15, 0.2) is 11.0 Å². The van der Waals surface area contributed by atoms with Crippen LogP contribution in [-0.4, -0.2) is 87.3 Å². The molecule has 1 aromatic heterocycles. The fraction of sp³-hybridized carbons (Fsp3) is 0.741. The molecule has 3 rings (SSSR count). The molecule has 2 N–H and O–H groups in total. The van der Waals surface area contributed by atoms with Gasteiger partial charge in [0.15, 0.2) is 5.78 Å². The van der Waals surface area contributed by atoms with Crippen LogP contribution in [0.5, 0.6) is 0 Å². The van der Waals surface area contributed by atoms with E-state index >= 15 is 0 Å². The molecular weight excluding hydrogens is 512 g/mol. The molecule has 2 aliphatic rings. The average molecular weight is 555 g/mol. The van der Waals surface area contributed by atoms with Gasteiger partial charge in [-0.1, -0.05) is 20.3 Å². The number of epoxide rings is 1. The quantitative estimate of drug-likeness (QED) is 0.297. The number of thiol groups is 1. The fourth-order valence-corrected chi connectivity index (χ4v) is 6.23. The average Bonchev–Trinajstić information content (AvgIpc) is 3.29. The number of likely N-dealkylation sites (N-methyl/N-ethyl adjacent to an activating group) is 1. The first-order valence-electron chi connectivity index (χ1n) is 13.0. The van der Waals surface area contributed by atoms with Gasteiger partial charge >= 0.3 is 5.97 Å². The number of esters is 1. The largest absolute Gasteiger partial charge is 0.456 e. The second-order valence-corrected chi connectivity index (χ2v) is 12.8. The lowest BCUT2D eigenvalue weighted by atomic mass is 9.83. The number of rotatable bonds is 3. The Labute approximate surface area is 229 Å². The topological polar surface area (TPSA) is 112 Å². The molecule has 0 bridgehead atoms. The molecular formula is C27H42N2O6S2. The van der Waals surface area contributed by atoms with Crippen LogP contribution >= 0.6 is 24.0 Å².